The molecule has 0 amide bonds. The summed E-state index contributed by atoms with van der Waals surface area (Å²) in [5.74, 6) is 0.364. The topological polar surface area (TPSA) is 58.5 Å². The molecule has 9 heteroatoms. The molecule has 2 rings (SSSR count). The van der Waals surface area contributed by atoms with Gasteiger partial charge in [-0.2, -0.15) is 13.2 Å². The number of nitrogens with one attached hydrogen (secondary N) is 2. The highest BCUT2D eigenvalue weighted by atomic mass is 127. The number of nitrogens with zero attached hydrogens (tertiary/aromatic N) is 2. The number of rotatable bonds is 7. The van der Waals surface area contributed by atoms with Crippen molar-refractivity contribution in [3.63, 3.8) is 0 Å². The molecule has 0 saturated carbocycles. The van der Waals surface area contributed by atoms with Gasteiger partial charge in [0.1, 0.15) is 12.4 Å². The van der Waals surface area contributed by atoms with Crippen LogP contribution < -0.4 is 15.4 Å². The van der Waals surface area contributed by atoms with Gasteiger partial charge in [-0.25, -0.2) is 4.99 Å². The number of guanidine groups is 1. The zero-order valence-corrected chi connectivity index (χ0v) is 17.1. The van der Waals surface area contributed by atoms with E-state index >= 15 is 0 Å². The van der Waals surface area contributed by atoms with E-state index in [1.165, 1.54) is 18.2 Å². The van der Waals surface area contributed by atoms with Crippen molar-refractivity contribution in [3.8, 4) is 5.75 Å². The summed E-state index contributed by atoms with van der Waals surface area (Å²) >= 11 is 0. The minimum absolute atomic E-state index is 0. The first kappa shape index (κ1) is 23.0. The first-order chi connectivity index (χ1) is 12.5. The number of ether oxygens (including phenoxy) is 1. The molecule has 0 saturated heterocycles. The number of aliphatic imine (C=N–C) groups is 1. The highest BCUT2D eigenvalue weighted by molar-refractivity contribution is 14.0. The van der Waals surface area contributed by atoms with Crippen LogP contribution in [-0.2, 0) is 12.7 Å². The van der Waals surface area contributed by atoms with Gasteiger partial charge in [0.25, 0.3) is 0 Å². The maximum Gasteiger partial charge on any atom is 0.419 e. The molecule has 0 unspecified atom stereocenters. The van der Waals surface area contributed by atoms with E-state index in [4.69, 9.17) is 4.74 Å². The van der Waals surface area contributed by atoms with Gasteiger partial charge in [0.2, 0.25) is 0 Å². The Kier molecular flexibility index (Phi) is 9.90. The van der Waals surface area contributed by atoms with Gasteiger partial charge >= 0.3 is 6.18 Å². The molecule has 0 spiro atoms. The molecule has 1 aromatic heterocycles. The fraction of sp³-hybridized carbons (Fsp3) is 0.333. The van der Waals surface area contributed by atoms with Crippen molar-refractivity contribution < 1.29 is 17.9 Å². The van der Waals surface area contributed by atoms with Crippen molar-refractivity contribution in [2.24, 2.45) is 4.99 Å². The van der Waals surface area contributed by atoms with Gasteiger partial charge < -0.3 is 15.4 Å². The Morgan fingerprint density at radius 1 is 1.11 bits per heavy atom. The number of hydrogen-bond acceptors (Lipinski definition) is 3. The van der Waals surface area contributed by atoms with Crippen LogP contribution >= 0.6 is 24.0 Å². The fourth-order valence-electron chi connectivity index (χ4n) is 2.15. The lowest BCUT2D eigenvalue weighted by Crippen LogP contribution is -2.39. The second-order valence-electron chi connectivity index (χ2n) is 5.29. The molecule has 148 valence electrons. The molecule has 5 nitrogen and oxygen atoms in total. The Balaban J connectivity index is 0.00000364. The third kappa shape index (κ3) is 8.02. The summed E-state index contributed by atoms with van der Waals surface area (Å²) in [7, 11) is 0. The lowest BCUT2D eigenvalue weighted by Gasteiger charge is -2.15. The van der Waals surface area contributed by atoms with Gasteiger partial charge in [0, 0.05) is 12.7 Å². The Labute approximate surface area is 173 Å². The van der Waals surface area contributed by atoms with Crippen molar-refractivity contribution in [3.05, 3.63) is 59.9 Å². The predicted molar refractivity (Wildman–Crippen MR) is 109 cm³/mol. The molecule has 2 aromatic rings. The predicted octanol–water partition coefficient (Wildman–Crippen LogP) is 3.85. The van der Waals surface area contributed by atoms with E-state index in [9.17, 15) is 13.2 Å². The summed E-state index contributed by atoms with van der Waals surface area (Å²) in [6.45, 7) is 3.36. The molecule has 0 aliphatic heterocycles. The highest BCUT2D eigenvalue weighted by Crippen LogP contribution is 2.35. The smallest absolute Gasteiger partial charge is 0.419 e. The molecule has 0 atom stereocenters. The molecule has 27 heavy (non-hydrogen) atoms. The zero-order valence-electron chi connectivity index (χ0n) is 14.8. The minimum atomic E-state index is -4.44. The second-order valence-corrected chi connectivity index (χ2v) is 5.29. The van der Waals surface area contributed by atoms with E-state index in [0.717, 1.165) is 11.8 Å². The minimum Gasteiger partial charge on any atom is -0.491 e. The summed E-state index contributed by atoms with van der Waals surface area (Å²) in [6, 6.07) is 10.7. The highest BCUT2D eigenvalue weighted by Gasteiger charge is 2.33. The van der Waals surface area contributed by atoms with Gasteiger partial charge in [0.15, 0.2) is 5.96 Å². The summed E-state index contributed by atoms with van der Waals surface area (Å²) in [5.41, 5.74) is 0.0378. The first-order valence-electron chi connectivity index (χ1n) is 8.22. The molecule has 1 aromatic carbocycles. The molecule has 0 radical (unpaired) electrons. The van der Waals surface area contributed by atoms with E-state index in [1.807, 2.05) is 25.1 Å². The van der Waals surface area contributed by atoms with Gasteiger partial charge in [-0.15, -0.1) is 24.0 Å². The van der Waals surface area contributed by atoms with Crippen LogP contribution in [0.1, 0.15) is 18.2 Å². The van der Waals surface area contributed by atoms with Crippen LogP contribution in [0.5, 0.6) is 5.75 Å². The van der Waals surface area contributed by atoms with Crippen LogP contribution in [0.3, 0.4) is 0 Å². The fourth-order valence-corrected chi connectivity index (χ4v) is 2.15. The molecule has 0 aliphatic carbocycles. The van der Waals surface area contributed by atoms with Crippen molar-refractivity contribution in [2.75, 3.05) is 19.7 Å². The van der Waals surface area contributed by atoms with Crippen LogP contribution in [0.4, 0.5) is 13.2 Å². The largest absolute Gasteiger partial charge is 0.491 e. The Morgan fingerprint density at radius 2 is 1.85 bits per heavy atom. The van der Waals surface area contributed by atoms with Crippen molar-refractivity contribution >= 4 is 29.9 Å². The second kappa shape index (κ2) is 11.6. The number of aromatic nitrogens is 1. The SMILES string of the molecule is CCNC(=NCc1ccccn1)NCCOc1ccccc1C(F)(F)F.I. The summed E-state index contributed by atoms with van der Waals surface area (Å²) in [5, 5.41) is 6.09. The van der Waals surface area contributed by atoms with Crippen LogP contribution in [0.2, 0.25) is 0 Å². The van der Waals surface area contributed by atoms with Crippen LogP contribution in [0.15, 0.2) is 53.7 Å². The molecule has 2 N–H and O–H groups in total. The van der Waals surface area contributed by atoms with Gasteiger partial charge in [-0.1, -0.05) is 18.2 Å². The monoisotopic (exact) mass is 494 g/mol. The number of para-hydroxylation sites is 1. The summed E-state index contributed by atoms with van der Waals surface area (Å²) in [6.07, 6.45) is -2.75. The third-order valence-corrected chi connectivity index (χ3v) is 3.31. The first-order valence-corrected chi connectivity index (χ1v) is 8.22. The van der Waals surface area contributed by atoms with Crippen molar-refractivity contribution in [1.82, 2.24) is 15.6 Å². The maximum atomic E-state index is 12.9. The normalized spacial score (nSPS) is 11.5. The van der Waals surface area contributed by atoms with Gasteiger partial charge in [-0.05, 0) is 31.2 Å². The van der Waals surface area contributed by atoms with E-state index < -0.39 is 11.7 Å². The van der Waals surface area contributed by atoms with Gasteiger partial charge in [0.05, 0.1) is 24.3 Å². The number of alkyl halides is 3. The van der Waals surface area contributed by atoms with Crippen molar-refractivity contribution in [2.45, 2.75) is 19.6 Å². The Morgan fingerprint density at radius 3 is 2.52 bits per heavy atom. The third-order valence-electron chi connectivity index (χ3n) is 3.31. The number of halogens is 4. The average molecular weight is 494 g/mol. The zero-order chi connectivity index (χ0) is 18.8. The summed E-state index contributed by atoms with van der Waals surface area (Å²) in [4.78, 5) is 8.57. The maximum absolute atomic E-state index is 12.9. The van der Waals surface area contributed by atoms with Crippen molar-refractivity contribution in [1.29, 1.82) is 0 Å². The van der Waals surface area contributed by atoms with E-state index in [2.05, 4.69) is 20.6 Å². The van der Waals surface area contributed by atoms with E-state index in [1.54, 1.807) is 6.20 Å². The van der Waals surface area contributed by atoms with E-state index in [0.29, 0.717) is 25.6 Å². The van der Waals surface area contributed by atoms with Gasteiger partial charge in [-0.3, -0.25) is 4.98 Å². The van der Waals surface area contributed by atoms with Crippen LogP contribution in [0, 0.1) is 0 Å². The Bertz CT molecular complexity index is 711. The number of hydrogen-bond donors (Lipinski definition) is 2. The lowest BCUT2D eigenvalue weighted by atomic mass is 10.2. The number of benzene rings is 1. The number of pyridine rings is 1. The summed E-state index contributed by atoms with van der Waals surface area (Å²) < 4.78 is 44.0. The van der Waals surface area contributed by atoms with Crippen LogP contribution in [-0.4, -0.2) is 30.6 Å². The molecular formula is C18H22F3IN4O. The lowest BCUT2D eigenvalue weighted by molar-refractivity contribution is -0.138. The van der Waals surface area contributed by atoms with Crippen LogP contribution in [0.25, 0.3) is 0 Å². The Hall–Kier alpha value is -2.04. The standard InChI is InChI=1S/C18H21F3N4O.HI/c1-2-22-17(25-13-14-7-5-6-10-23-14)24-11-12-26-16-9-4-3-8-15(16)18(19,20)21;/h3-10H,2,11-13H2,1H3,(H2,22,24,25);1H. The molecule has 1 heterocycles. The molecular weight excluding hydrogens is 472 g/mol. The average Bonchev–Trinajstić information content (AvgIpc) is 2.63. The molecule has 0 fully saturated rings. The quantitative estimate of drug-likeness (QED) is 0.266. The van der Waals surface area contributed by atoms with E-state index in [-0.39, 0.29) is 36.3 Å². The molecule has 0 aliphatic rings. The molecule has 0 bridgehead atoms.